The van der Waals surface area contributed by atoms with Crippen molar-refractivity contribution < 1.29 is 14.3 Å². The summed E-state index contributed by atoms with van der Waals surface area (Å²) in [6, 6.07) is 7.63. The van der Waals surface area contributed by atoms with Gasteiger partial charge in [-0.05, 0) is 25.5 Å². The maximum Gasteiger partial charge on any atom is 0.234 e. The molecule has 4 heteroatoms. The average molecular weight is 245 g/mol. The normalized spacial score (nSPS) is 33.1. The summed E-state index contributed by atoms with van der Waals surface area (Å²) in [7, 11) is 0. The summed E-state index contributed by atoms with van der Waals surface area (Å²) in [5.74, 6) is -0.219. The van der Waals surface area contributed by atoms with Crippen molar-refractivity contribution in [1.82, 2.24) is 5.32 Å². The van der Waals surface area contributed by atoms with Gasteiger partial charge < -0.3 is 10.1 Å². The first-order valence-corrected chi connectivity index (χ1v) is 6.11. The van der Waals surface area contributed by atoms with Gasteiger partial charge in [0, 0.05) is 12.3 Å². The minimum absolute atomic E-state index is 0.0776. The van der Waals surface area contributed by atoms with Crippen molar-refractivity contribution in [1.29, 1.82) is 0 Å². The number of ether oxygens (including phenoxy) is 1. The van der Waals surface area contributed by atoms with Crippen LogP contribution in [0.4, 0.5) is 0 Å². The van der Waals surface area contributed by atoms with E-state index in [1.165, 1.54) is 6.92 Å². The van der Waals surface area contributed by atoms with Gasteiger partial charge in [0.25, 0.3) is 0 Å². The predicted octanol–water partition coefficient (Wildman–Crippen LogP) is 1.60. The number of benzene rings is 1. The topological polar surface area (TPSA) is 55.4 Å². The van der Waals surface area contributed by atoms with Crippen LogP contribution in [0.25, 0.3) is 0 Å². The third kappa shape index (κ3) is 1.52. The van der Waals surface area contributed by atoms with Crippen LogP contribution in [0.3, 0.4) is 0 Å². The number of piperidine rings is 1. The number of amides is 1. The Kier molecular flexibility index (Phi) is 2.24. The minimum atomic E-state index is -0.692. The second kappa shape index (κ2) is 3.57. The molecule has 1 N–H and O–H groups in total. The first-order valence-electron chi connectivity index (χ1n) is 6.11. The van der Waals surface area contributed by atoms with Gasteiger partial charge >= 0.3 is 0 Å². The predicted molar refractivity (Wildman–Crippen MR) is 65.1 cm³/mol. The van der Waals surface area contributed by atoms with E-state index in [1.807, 2.05) is 31.2 Å². The number of para-hydroxylation sites is 1. The van der Waals surface area contributed by atoms with Crippen LogP contribution in [-0.2, 0) is 9.59 Å². The van der Waals surface area contributed by atoms with E-state index in [0.29, 0.717) is 6.42 Å². The third-order valence-electron chi connectivity index (χ3n) is 3.77. The zero-order valence-electron chi connectivity index (χ0n) is 10.4. The number of hydrogen-bond donors (Lipinski definition) is 1. The van der Waals surface area contributed by atoms with Crippen molar-refractivity contribution >= 4 is 11.7 Å². The number of rotatable bonds is 1. The summed E-state index contributed by atoms with van der Waals surface area (Å²) in [6.45, 7) is 3.33. The summed E-state index contributed by atoms with van der Waals surface area (Å²) in [5.41, 5.74) is 0.271. The van der Waals surface area contributed by atoms with E-state index in [-0.39, 0.29) is 17.6 Å². The second-order valence-corrected chi connectivity index (χ2v) is 5.26. The average Bonchev–Trinajstić information content (AvgIpc) is 2.26. The number of fused-ring (bicyclic) bond motifs is 4. The second-order valence-electron chi connectivity index (χ2n) is 5.26. The zero-order valence-corrected chi connectivity index (χ0v) is 10.4. The Morgan fingerprint density at radius 1 is 1.44 bits per heavy atom. The van der Waals surface area contributed by atoms with Crippen LogP contribution in [0.15, 0.2) is 24.3 Å². The van der Waals surface area contributed by atoms with Crippen molar-refractivity contribution in [2.24, 2.45) is 5.92 Å². The molecule has 18 heavy (non-hydrogen) atoms. The zero-order chi connectivity index (χ0) is 12.9. The molecule has 2 aliphatic heterocycles. The highest BCUT2D eigenvalue weighted by Crippen LogP contribution is 2.46. The van der Waals surface area contributed by atoms with Crippen LogP contribution >= 0.6 is 0 Å². The lowest BCUT2D eigenvalue weighted by Crippen LogP contribution is -2.61. The van der Waals surface area contributed by atoms with Crippen molar-refractivity contribution in [3.05, 3.63) is 29.8 Å². The van der Waals surface area contributed by atoms with E-state index in [1.54, 1.807) is 0 Å². The smallest absolute Gasteiger partial charge is 0.234 e. The van der Waals surface area contributed by atoms with E-state index >= 15 is 0 Å². The number of ketones is 1. The molecular formula is C14H15NO3. The summed E-state index contributed by atoms with van der Waals surface area (Å²) in [4.78, 5) is 23.8. The molecule has 0 aliphatic carbocycles. The van der Waals surface area contributed by atoms with E-state index in [2.05, 4.69) is 5.32 Å². The van der Waals surface area contributed by atoms with Crippen LogP contribution in [0.5, 0.6) is 5.75 Å². The molecule has 1 saturated heterocycles. The van der Waals surface area contributed by atoms with Crippen LogP contribution < -0.4 is 10.1 Å². The molecule has 0 unspecified atom stereocenters. The Morgan fingerprint density at radius 3 is 2.89 bits per heavy atom. The molecule has 3 atom stereocenters. The van der Waals surface area contributed by atoms with Crippen LogP contribution in [-0.4, -0.2) is 17.4 Å². The molecule has 1 aromatic rings. The number of Topliss-reactive ketones (excluding diaryl/α,β-unsaturated/α-hetero) is 1. The van der Waals surface area contributed by atoms with Gasteiger partial charge in [-0.2, -0.15) is 0 Å². The van der Waals surface area contributed by atoms with Crippen LogP contribution in [0.1, 0.15) is 31.7 Å². The van der Waals surface area contributed by atoms with Crippen molar-refractivity contribution in [2.75, 3.05) is 0 Å². The summed E-state index contributed by atoms with van der Waals surface area (Å²) in [5, 5.41) is 2.81. The molecule has 0 spiro atoms. The first kappa shape index (κ1) is 11.3. The van der Waals surface area contributed by atoms with E-state index in [9.17, 15) is 9.59 Å². The molecular weight excluding hydrogens is 230 g/mol. The fourth-order valence-electron chi connectivity index (χ4n) is 3.06. The van der Waals surface area contributed by atoms with Crippen molar-refractivity contribution in [3.8, 4) is 5.75 Å². The molecule has 2 aliphatic rings. The van der Waals surface area contributed by atoms with Gasteiger partial charge in [0.15, 0.2) is 5.72 Å². The quantitative estimate of drug-likeness (QED) is 0.765. The number of nitrogens with one attached hydrogen (secondary N) is 1. The van der Waals surface area contributed by atoms with Gasteiger partial charge in [-0.25, -0.2) is 0 Å². The standard InChI is InChI=1S/C14H15NO3/c1-8(16)12-10-7-14(2,15-13(12)17)18-11-6-4-3-5-9(10)11/h3-6,10,12H,7H2,1-2H3,(H,15,17)/t10-,12-,14+/m0/s1. The molecule has 1 amide bonds. The Labute approximate surface area is 105 Å². The maximum atomic E-state index is 12.1. The molecule has 0 saturated carbocycles. The molecule has 1 aromatic carbocycles. The number of carbonyl (C=O) groups excluding carboxylic acids is 2. The van der Waals surface area contributed by atoms with E-state index in [4.69, 9.17) is 4.74 Å². The Bertz CT molecular complexity index is 540. The molecule has 4 nitrogen and oxygen atoms in total. The molecule has 0 aromatic heterocycles. The summed E-state index contributed by atoms with van der Waals surface area (Å²) in [6.07, 6.45) is 0.639. The minimum Gasteiger partial charge on any atom is -0.468 e. The van der Waals surface area contributed by atoms with Gasteiger partial charge in [-0.3, -0.25) is 9.59 Å². The highest BCUT2D eigenvalue weighted by molar-refractivity contribution is 6.02. The highest BCUT2D eigenvalue weighted by atomic mass is 16.5. The van der Waals surface area contributed by atoms with Gasteiger partial charge in [0.2, 0.25) is 5.91 Å². The Morgan fingerprint density at radius 2 is 2.17 bits per heavy atom. The highest BCUT2D eigenvalue weighted by Gasteiger charge is 2.50. The van der Waals surface area contributed by atoms with E-state index < -0.39 is 11.6 Å². The molecule has 1 fully saturated rings. The van der Waals surface area contributed by atoms with Gasteiger partial charge in [0.05, 0.1) is 0 Å². The van der Waals surface area contributed by atoms with Crippen LogP contribution in [0, 0.1) is 5.92 Å². The Hall–Kier alpha value is -1.84. The largest absolute Gasteiger partial charge is 0.468 e. The van der Waals surface area contributed by atoms with Gasteiger partial charge in [-0.15, -0.1) is 0 Å². The fourth-order valence-corrected chi connectivity index (χ4v) is 3.06. The third-order valence-corrected chi connectivity index (χ3v) is 3.77. The summed E-state index contributed by atoms with van der Waals surface area (Å²) < 4.78 is 5.85. The molecule has 2 heterocycles. The van der Waals surface area contributed by atoms with E-state index in [0.717, 1.165) is 11.3 Å². The van der Waals surface area contributed by atoms with Crippen molar-refractivity contribution in [3.63, 3.8) is 0 Å². The molecule has 0 radical (unpaired) electrons. The number of hydrogen-bond acceptors (Lipinski definition) is 3. The number of carbonyl (C=O) groups is 2. The lowest BCUT2D eigenvalue weighted by Gasteiger charge is -2.46. The van der Waals surface area contributed by atoms with Gasteiger partial charge in [-0.1, -0.05) is 18.2 Å². The summed E-state index contributed by atoms with van der Waals surface area (Å²) >= 11 is 0. The van der Waals surface area contributed by atoms with Crippen LogP contribution in [0.2, 0.25) is 0 Å². The molecule has 3 rings (SSSR count). The lowest BCUT2D eigenvalue weighted by atomic mass is 9.73. The van der Waals surface area contributed by atoms with Crippen molar-refractivity contribution in [2.45, 2.75) is 31.9 Å². The monoisotopic (exact) mass is 245 g/mol. The lowest BCUT2D eigenvalue weighted by molar-refractivity contribution is -0.145. The Balaban J connectivity index is 2.14. The maximum absolute atomic E-state index is 12.1. The first-order chi connectivity index (χ1) is 8.50. The fraction of sp³-hybridized carbons (Fsp3) is 0.429. The molecule has 2 bridgehead atoms. The SMILES string of the molecule is CC(=O)[C@@H]1C(=O)N[C@@]2(C)C[C@H]1c1ccccc1O2. The van der Waals surface area contributed by atoms with Gasteiger partial charge in [0.1, 0.15) is 17.5 Å². The molecule has 94 valence electrons.